The van der Waals surface area contributed by atoms with E-state index in [1.807, 2.05) is 44.2 Å². The van der Waals surface area contributed by atoms with Crippen LogP contribution in [0.15, 0.2) is 30.3 Å². The molecule has 0 unspecified atom stereocenters. The van der Waals surface area contributed by atoms with Gasteiger partial charge in [-0.3, -0.25) is 4.79 Å². The summed E-state index contributed by atoms with van der Waals surface area (Å²) in [4.78, 5) is 14.1. The predicted octanol–water partition coefficient (Wildman–Crippen LogP) is 2.47. The van der Waals surface area contributed by atoms with E-state index in [2.05, 4.69) is 11.2 Å². The monoisotopic (exact) mass is 282 g/mol. The van der Waals surface area contributed by atoms with Gasteiger partial charge in [-0.15, -0.1) is 0 Å². The summed E-state index contributed by atoms with van der Waals surface area (Å²) < 4.78 is 1.78. The first-order valence-corrected chi connectivity index (χ1v) is 6.80. The SMILES string of the molecule is Cc1nn(-c2ccccc2)c(C)c1C(=O)N(C)CCC#N. The molecule has 0 fully saturated rings. The molecule has 0 aliphatic heterocycles. The molecule has 5 nitrogen and oxygen atoms in total. The largest absolute Gasteiger partial charge is 0.341 e. The van der Waals surface area contributed by atoms with Crippen molar-refractivity contribution in [1.29, 1.82) is 5.26 Å². The molecule has 0 atom stereocenters. The van der Waals surface area contributed by atoms with Crippen molar-refractivity contribution in [2.45, 2.75) is 20.3 Å². The molecule has 2 rings (SSSR count). The Labute approximate surface area is 124 Å². The number of carbonyl (C=O) groups excluding carboxylic acids is 1. The summed E-state index contributed by atoms with van der Waals surface area (Å²) in [5, 5.41) is 13.1. The van der Waals surface area contributed by atoms with Crippen molar-refractivity contribution in [3.63, 3.8) is 0 Å². The van der Waals surface area contributed by atoms with Gasteiger partial charge in [0, 0.05) is 13.6 Å². The number of aromatic nitrogens is 2. The minimum absolute atomic E-state index is 0.0950. The van der Waals surface area contributed by atoms with Gasteiger partial charge in [0.15, 0.2) is 0 Å². The molecule has 21 heavy (non-hydrogen) atoms. The van der Waals surface area contributed by atoms with Crippen LogP contribution in [0.5, 0.6) is 0 Å². The molecule has 0 spiro atoms. The van der Waals surface area contributed by atoms with Gasteiger partial charge >= 0.3 is 0 Å². The van der Waals surface area contributed by atoms with Crippen LogP contribution in [0.2, 0.25) is 0 Å². The summed E-state index contributed by atoms with van der Waals surface area (Å²) >= 11 is 0. The van der Waals surface area contributed by atoms with Crippen LogP contribution >= 0.6 is 0 Å². The van der Waals surface area contributed by atoms with E-state index in [1.165, 1.54) is 0 Å². The van der Waals surface area contributed by atoms with E-state index < -0.39 is 0 Å². The maximum atomic E-state index is 12.5. The Morgan fingerprint density at radius 3 is 2.62 bits per heavy atom. The lowest BCUT2D eigenvalue weighted by molar-refractivity contribution is 0.0796. The van der Waals surface area contributed by atoms with Crippen molar-refractivity contribution in [2.24, 2.45) is 0 Å². The highest BCUT2D eigenvalue weighted by Crippen LogP contribution is 2.19. The number of carbonyl (C=O) groups is 1. The first kappa shape index (κ1) is 14.8. The average molecular weight is 282 g/mol. The molecule has 0 aliphatic rings. The molecular weight excluding hydrogens is 264 g/mol. The molecule has 1 aromatic carbocycles. The van der Waals surface area contributed by atoms with Gasteiger partial charge in [-0.25, -0.2) is 4.68 Å². The summed E-state index contributed by atoms with van der Waals surface area (Å²) in [5.41, 5.74) is 3.05. The van der Waals surface area contributed by atoms with Gasteiger partial charge < -0.3 is 4.90 Å². The van der Waals surface area contributed by atoms with Crippen molar-refractivity contribution in [3.05, 3.63) is 47.3 Å². The molecule has 0 aliphatic carbocycles. The summed E-state index contributed by atoms with van der Waals surface area (Å²) in [6.07, 6.45) is 0.327. The molecule has 1 amide bonds. The van der Waals surface area contributed by atoms with E-state index in [-0.39, 0.29) is 5.91 Å². The van der Waals surface area contributed by atoms with Crippen LogP contribution in [0, 0.1) is 25.2 Å². The Hall–Kier alpha value is -2.61. The van der Waals surface area contributed by atoms with Gasteiger partial charge in [0.1, 0.15) is 0 Å². The van der Waals surface area contributed by atoms with E-state index >= 15 is 0 Å². The van der Waals surface area contributed by atoms with Crippen molar-refractivity contribution >= 4 is 5.91 Å². The van der Waals surface area contributed by atoms with Gasteiger partial charge in [-0.05, 0) is 26.0 Å². The van der Waals surface area contributed by atoms with Crippen LogP contribution in [-0.2, 0) is 0 Å². The lowest BCUT2D eigenvalue weighted by Crippen LogP contribution is -2.28. The lowest BCUT2D eigenvalue weighted by Gasteiger charge is -2.15. The molecule has 0 saturated carbocycles. The third-order valence-electron chi connectivity index (χ3n) is 3.41. The van der Waals surface area contributed by atoms with Crippen molar-refractivity contribution in [3.8, 4) is 11.8 Å². The molecular formula is C16H18N4O. The highest BCUT2D eigenvalue weighted by Gasteiger charge is 2.21. The standard InChI is InChI=1S/C16H18N4O/c1-12-15(16(21)19(3)11-7-10-17)13(2)20(18-12)14-8-5-4-6-9-14/h4-6,8-9H,7,11H2,1-3H3. The molecule has 108 valence electrons. The van der Waals surface area contributed by atoms with Crippen LogP contribution in [-0.4, -0.2) is 34.2 Å². The normalized spacial score (nSPS) is 10.2. The fourth-order valence-corrected chi connectivity index (χ4v) is 2.28. The number of rotatable bonds is 4. The predicted molar refractivity (Wildman–Crippen MR) is 80.2 cm³/mol. The first-order valence-electron chi connectivity index (χ1n) is 6.80. The highest BCUT2D eigenvalue weighted by molar-refractivity contribution is 5.96. The highest BCUT2D eigenvalue weighted by atomic mass is 16.2. The van der Waals surface area contributed by atoms with Crippen LogP contribution < -0.4 is 0 Å². The molecule has 0 radical (unpaired) electrons. The zero-order valence-corrected chi connectivity index (χ0v) is 12.5. The molecule has 2 aromatic rings. The van der Waals surface area contributed by atoms with Gasteiger partial charge in [0.2, 0.25) is 0 Å². The van der Waals surface area contributed by atoms with E-state index in [0.717, 1.165) is 11.4 Å². The average Bonchev–Trinajstić information content (AvgIpc) is 2.80. The van der Waals surface area contributed by atoms with Crippen molar-refractivity contribution in [2.75, 3.05) is 13.6 Å². The number of hydrogen-bond acceptors (Lipinski definition) is 3. The fraction of sp³-hybridized carbons (Fsp3) is 0.312. The number of hydrogen-bond donors (Lipinski definition) is 0. The van der Waals surface area contributed by atoms with Crippen LogP contribution in [0.3, 0.4) is 0 Å². The van der Waals surface area contributed by atoms with E-state index in [4.69, 9.17) is 5.26 Å². The molecule has 0 bridgehead atoms. The Morgan fingerprint density at radius 1 is 1.33 bits per heavy atom. The number of benzene rings is 1. The Kier molecular flexibility index (Phi) is 4.39. The number of para-hydroxylation sites is 1. The van der Waals surface area contributed by atoms with Crippen LogP contribution in [0.1, 0.15) is 28.2 Å². The number of amides is 1. The second-order valence-corrected chi connectivity index (χ2v) is 4.93. The zero-order chi connectivity index (χ0) is 15.4. The van der Waals surface area contributed by atoms with E-state index in [0.29, 0.717) is 24.2 Å². The maximum Gasteiger partial charge on any atom is 0.257 e. The molecule has 5 heteroatoms. The number of nitrogens with zero attached hydrogens (tertiary/aromatic N) is 4. The van der Waals surface area contributed by atoms with E-state index in [9.17, 15) is 4.79 Å². The minimum atomic E-state index is -0.0950. The quantitative estimate of drug-likeness (QED) is 0.865. The Bertz CT molecular complexity index is 682. The molecule has 1 aromatic heterocycles. The Balaban J connectivity index is 2.36. The summed E-state index contributed by atoms with van der Waals surface area (Å²) in [5.74, 6) is -0.0950. The Morgan fingerprint density at radius 2 is 2.00 bits per heavy atom. The molecule has 0 N–H and O–H groups in total. The van der Waals surface area contributed by atoms with Gasteiger partial charge in [-0.2, -0.15) is 10.4 Å². The summed E-state index contributed by atoms with van der Waals surface area (Å²) in [7, 11) is 1.71. The summed E-state index contributed by atoms with van der Waals surface area (Å²) in [6, 6.07) is 11.8. The maximum absolute atomic E-state index is 12.5. The topological polar surface area (TPSA) is 61.9 Å². The minimum Gasteiger partial charge on any atom is -0.341 e. The lowest BCUT2D eigenvalue weighted by atomic mass is 10.1. The fourth-order valence-electron chi connectivity index (χ4n) is 2.28. The zero-order valence-electron chi connectivity index (χ0n) is 12.5. The van der Waals surface area contributed by atoms with Gasteiger partial charge in [0.05, 0.1) is 35.1 Å². The van der Waals surface area contributed by atoms with Gasteiger partial charge in [0.25, 0.3) is 5.91 Å². The second-order valence-electron chi connectivity index (χ2n) is 4.93. The second kappa shape index (κ2) is 6.23. The molecule has 1 heterocycles. The number of nitriles is 1. The third-order valence-corrected chi connectivity index (χ3v) is 3.41. The van der Waals surface area contributed by atoms with Crippen LogP contribution in [0.25, 0.3) is 5.69 Å². The first-order chi connectivity index (χ1) is 10.1. The smallest absolute Gasteiger partial charge is 0.257 e. The van der Waals surface area contributed by atoms with Gasteiger partial charge in [-0.1, -0.05) is 18.2 Å². The number of aryl methyl sites for hydroxylation is 1. The van der Waals surface area contributed by atoms with E-state index in [1.54, 1.807) is 16.6 Å². The van der Waals surface area contributed by atoms with Crippen LogP contribution in [0.4, 0.5) is 0 Å². The van der Waals surface area contributed by atoms with Crippen molar-refractivity contribution in [1.82, 2.24) is 14.7 Å². The summed E-state index contributed by atoms with van der Waals surface area (Å²) in [6.45, 7) is 4.14. The third kappa shape index (κ3) is 2.95. The molecule has 0 saturated heterocycles. The van der Waals surface area contributed by atoms with Crippen molar-refractivity contribution < 1.29 is 4.79 Å².